The van der Waals surface area contributed by atoms with Crippen LogP contribution in [0.2, 0.25) is 0 Å². The summed E-state index contributed by atoms with van der Waals surface area (Å²) in [5, 5.41) is 0. The normalized spacial score (nSPS) is 28.2. The monoisotopic (exact) mass is 200 g/mol. The fraction of sp³-hybridized carbons (Fsp3) is 0.231. The molecule has 1 aliphatic heterocycles. The summed E-state index contributed by atoms with van der Waals surface area (Å²) in [5.74, 6) is 0. The van der Waals surface area contributed by atoms with Crippen LogP contribution in [0.15, 0.2) is 47.4 Å². The average molecular weight is 200 g/mol. The van der Waals surface area contributed by atoms with Crippen LogP contribution in [-0.4, -0.2) is 4.75 Å². The molecular formula is C13H12S. The fourth-order valence-electron chi connectivity index (χ4n) is 2.24. The zero-order valence-electron chi connectivity index (χ0n) is 8.16. The van der Waals surface area contributed by atoms with Crippen molar-refractivity contribution in [2.45, 2.75) is 23.0 Å². The summed E-state index contributed by atoms with van der Waals surface area (Å²) < 4.78 is 0.290. The molecule has 1 heterocycles. The van der Waals surface area contributed by atoms with E-state index in [4.69, 9.17) is 0 Å². The fourth-order valence-corrected chi connectivity index (χ4v) is 3.62. The summed E-state index contributed by atoms with van der Waals surface area (Å²) in [7, 11) is 0. The third-order valence-electron chi connectivity index (χ3n) is 2.99. The van der Waals surface area contributed by atoms with E-state index in [0.717, 1.165) is 6.42 Å². The molecule has 0 saturated heterocycles. The first-order valence-corrected chi connectivity index (χ1v) is 5.77. The Hall–Kier alpha value is -0.950. The molecule has 1 heteroatoms. The lowest BCUT2D eigenvalue weighted by atomic mass is 9.88. The van der Waals surface area contributed by atoms with Crippen molar-refractivity contribution in [3.05, 3.63) is 48.1 Å². The molecule has 1 aromatic rings. The predicted octanol–water partition coefficient (Wildman–Crippen LogP) is 3.89. The van der Waals surface area contributed by atoms with Gasteiger partial charge in [-0.3, -0.25) is 0 Å². The molecule has 14 heavy (non-hydrogen) atoms. The maximum atomic E-state index is 2.34. The van der Waals surface area contributed by atoms with Gasteiger partial charge in [0.2, 0.25) is 0 Å². The van der Waals surface area contributed by atoms with Gasteiger partial charge in [-0.1, -0.05) is 36.4 Å². The number of thioether (sulfide) groups is 1. The van der Waals surface area contributed by atoms with E-state index in [0.29, 0.717) is 4.75 Å². The maximum Gasteiger partial charge on any atom is 0.0468 e. The molecule has 70 valence electrons. The molecule has 0 amide bonds. The van der Waals surface area contributed by atoms with Gasteiger partial charge in [-0.15, -0.1) is 11.8 Å². The summed E-state index contributed by atoms with van der Waals surface area (Å²) in [6, 6.07) is 8.72. The number of rotatable bonds is 0. The smallest absolute Gasteiger partial charge is 0.0468 e. The summed E-state index contributed by atoms with van der Waals surface area (Å²) in [6.07, 6.45) is 7.86. The standard InChI is InChI=1S/C13H12S/c1-13-9-5-4-7-11(13)10-6-2-3-8-12(10)14-13/h2-8H,9H2,1H3/t13-/m1/s1. The SMILES string of the molecule is C[C@@]12CC=CC=C1c1ccccc1S2. The predicted molar refractivity (Wildman–Crippen MR) is 62.4 cm³/mol. The van der Waals surface area contributed by atoms with E-state index in [1.807, 2.05) is 11.8 Å². The molecule has 0 aromatic heterocycles. The number of hydrogen-bond acceptors (Lipinski definition) is 1. The number of fused-ring (bicyclic) bond motifs is 3. The van der Waals surface area contributed by atoms with Crippen LogP contribution in [0.5, 0.6) is 0 Å². The Bertz CT molecular complexity index is 442. The minimum atomic E-state index is 0.290. The van der Waals surface area contributed by atoms with Crippen LogP contribution >= 0.6 is 11.8 Å². The Kier molecular flexibility index (Phi) is 1.65. The van der Waals surface area contributed by atoms with Crippen molar-refractivity contribution >= 4 is 17.3 Å². The van der Waals surface area contributed by atoms with E-state index in [9.17, 15) is 0 Å². The zero-order valence-corrected chi connectivity index (χ0v) is 8.97. The Morgan fingerprint density at radius 1 is 1.29 bits per heavy atom. The van der Waals surface area contributed by atoms with Gasteiger partial charge >= 0.3 is 0 Å². The molecule has 1 aliphatic carbocycles. The molecule has 0 unspecified atom stereocenters. The minimum Gasteiger partial charge on any atom is -0.114 e. The van der Waals surface area contributed by atoms with Gasteiger partial charge in [0.1, 0.15) is 0 Å². The first kappa shape index (κ1) is 8.37. The van der Waals surface area contributed by atoms with Gasteiger partial charge in [-0.2, -0.15) is 0 Å². The third-order valence-corrected chi connectivity index (χ3v) is 4.40. The number of hydrogen-bond donors (Lipinski definition) is 0. The highest BCUT2D eigenvalue weighted by atomic mass is 32.2. The van der Waals surface area contributed by atoms with Crippen molar-refractivity contribution in [2.75, 3.05) is 0 Å². The molecule has 0 bridgehead atoms. The summed E-state index contributed by atoms with van der Waals surface area (Å²) in [5.41, 5.74) is 2.94. The Morgan fingerprint density at radius 3 is 3.07 bits per heavy atom. The molecule has 0 fully saturated rings. The molecule has 3 rings (SSSR count). The van der Waals surface area contributed by atoms with Gasteiger partial charge in [0.25, 0.3) is 0 Å². The quantitative estimate of drug-likeness (QED) is 0.612. The molecule has 0 nitrogen and oxygen atoms in total. The largest absolute Gasteiger partial charge is 0.114 e. The number of benzene rings is 1. The van der Waals surface area contributed by atoms with Gasteiger partial charge in [-0.25, -0.2) is 0 Å². The van der Waals surface area contributed by atoms with Gasteiger partial charge in [-0.05, 0) is 30.5 Å². The van der Waals surface area contributed by atoms with Gasteiger partial charge in [0.15, 0.2) is 0 Å². The Morgan fingerprint density at radius 2 is 2.14 bits per heavy atom. The highest BCUT2D eigenvalue weighted by molar-refractivity contribution is 8.01. The highest BCUT2D eigenvalue weighted by Crippen LogP contribution is 2.55. The average Bonchev–Trinajstić information content (AvgIpc) is 2.49. The molecule has 2 aliphatic rings. The molecule has 0 spiro atoms. The second-order valence-corrected chi connectivity index (χ2v) is 5.59. The molecule has 0 saturated carbocycles. The Labute approximate surface area is 88.7 Å². The van der Waals surface area contributed by atoms with E-state index in [1.165, 1.54) is 16.0 Å². The van der Waals surface area contributed by atoms with Gasteiger partial charge < -0.3 is 0 Å². The first-order valence-electron chi connectivity index (χ1n) is 4.95. The van der Waals surface area contributed by atoms with Crippen molar-refractivity contribution in [2.24, 2.45) is 0 Å². The van der Waals surface area contributed by atoms with Crippen molar-refractivity contribution < 1.29 is 0 Å². The van der Waals surface area contributed by atoms with Gasteiger partial charge in [0, 0.05) is 9.64 Å². The van der Waals surface area contributed by atoms with Crippen LogP contribution in [0.1, 0.15) is 18.9 Å². The van der Waals surface area contributed by atoms with E-state index in [2.05, 4.69) is 49.4 Å². The van der Waals surface area contributed by atoms with E-state index >= 15 is 0 Å². The lowest BCUT2D eigenvalue weighted by molar-refractivity contribution is 0.829. The van der Waals surface area contributed by atoms with Crippen LogP contribution in [-0.2, 0) is 0 Å². The van der Waals surface area contributed by atoms with Crippen LogP contribution in [0, 0.1) is 0 Å². The van der Waals surface area contributed by atoms with Crippen LogP contribution < -0.4 is 0 Å². The second-order valence-electron chi connectivity index (χ2n) is 4.04. The van der Waals surface area contributed by atoms with Crippen LogP contribution in [0.25, 0.3) is 5.57 Å². The van der Waals surface area contributed by atoms with E-state index < -0.39 is 0 Å². The van der Waals surface area contributed by atoms with Crippen molar-refractivity contribution in [1.82, 2.24) is 0 Å². The van der Waals surface area contributed by atoms with Gasteiger partial charge in [0.05, 0.1) is 0 Å². The molecule has 0 radical (unpaired) electrons. The molecule has 0 N–H and O–H groups in total. The maximum absolute atomic E-state index is 2.34. The van der Waals surface area contributed by atoms with Crippen molar-refractivity contribution in [3.8, 4) is 0 Å². The first-order chi connectivity index (χ1) is 6.80. The van der Waals surface area contributed by atoms with E-state index in [1.54, 1.807) is 0 Å². The lowest BCUT2D eigenvalue weighted by Gasteiger charge is -2.25. The van der Waals surface area contributed by atoms with Crippen LogP contribution in [0.3, 0.4) is 0 Å². The lowest BCUT2D eigenvalue weighted by Crippen LogP contribution is -2.18. The zero-order chi connectivity index (χ0) is 9.60. The molecular weight excluding hydrogens is 188 g/mol. The van der Waals surface area contributed by atoms with Crippen molar-refractivity contribution in [3.63, 3.8) is 0 Å². The second kappa shape index (κ2) is 2.77. The van der Waals surface area contributed by atoms with Crippen molar-refractivity contribution in [1.29, 1.82) is 0 Å². The third kappa shape index (κ3) is 1.02. The summed E-state index contributed by atoms with van der Waals surface area (Å²) >= 11 is 2.00. The molecule has 1 atom stereocenters. The highest BCUT2D eigenvalue weighted by Gasteiger charge is 2.38. The summed E-state index contributed by atoms with van der Waals surface area (Å²) in [6.45, 7) is 2.34. The summed E-state index contributed by atoms with van der Waals surface area (Å²) in [4.78, 5) is 1.44. The minimum absolute atomic E-state index is 0.290. The van der Waals surface area contributed by atoms with Crippen LogP contribution in [0.4, 0.5) is 0 Å². The Balaban J connectivity index is 2.22. The molecule has 1 aromatic carbocycles. The topological polar surface area (TPSA) is 0 Å². The number of allylic oxidation sites excluding steroid dienone is 3. The van der Waals surface area contributed by atoms with E-state index in [-0.39, 0.29) is 0 Å².